The molecule has 0 saturated carbocycles. The van der Waals surface area contributed by atoms with Crippen LogP contribution in [0.4, 0.5) is 14.5 Å². The minimum atomic E-state index is -1.40. The van der Waals surface area contributed by atoms with Gasteiger partial charge in [0.05, 0.1) is 19.3 Å². The van der Waals surface area contributed by atoms with Gasteiger partial charge >= 0.3 is 0 Å². The van der Waals surface area contributed by atoms with Crippen LogP contribution >= 0.6 is 12.4 Å². The van der Waals surface area contributed by atoms with Gasteiger partial charge in [-0.2, -0.15) is 4.39 Å². The van der Waals surface area contributed by atoms with Gasteiger partial charge in [-0.1, -0.05) is 6.92 Å². The van der Waals surface area contributed by atoms with E-state index in [-0.39, 0.29) is 41.9 Å². The summed E-state index contributed by atoms with van der Waals surface area (Å²) in [5, 5.41) is 10.4. The van der Waals surface area contributed by atoms with Gasteiger partial charge < -0.3 is 20.5 Å². The molecule has 0 fully saturated rings. The molecule has 0 aliphatic rings. The number of nitrogen functional groups attached to an aromatic ring is 1. The first kappa shape index (κ1) is 29.8. The van der Waals surface area contributed by atoms with Crippen molar-refractivity contribution < 1.29 is 27.8 Å². The molecule has 1 aromatic heterocycles. The average molecular weight is 549 g/mol. The number of pyridine rings is 1. The van der Waals surface area contributed by atoms with E-state index >= 15 is 4.39 Å². The number of methoxy groups -OCH3 is 1. The highest BCUT2D eigenvalue weighted by Crippen LogP contribution is 2.33. The van der Waals surface area contributed by atoms with E-state index in [1.807, 2.05) is 6.92 Å². The number of aromatic nitrogens is 1. The topological polar surface area (TPSA) is 151 Å². The zero-order valence-corrected chi connectivity index (χ0v) is 21.3. The number of anilines is 1. The summed E-state index contributed by atoms with van der Waals surface area (Å²) in [6.07, 6.45) is 1.79. The first-order valence-corrected chi connectivity index (χ1v) is 11.2. The van der Waals surface area contributed by atoms with Crippen LogP contribution in [0.25, 0.3) is 0 Å². The molecule has 2 amide bonds. The zero-order chi connectivity index (χ0) is 26.9. The maximum Gasteiger partial charge on any atom is 0.274 e. The summed E-state index contributed by atoms with van der Waals surface area (Å²) in [6, 6.07) is 10.0. The molecular formula is C25H27ClF2N6O4. The van der Waals surface area contributed by atoms with Gasteiger partial charge in [0.15, 0.2) is 11.6 Å². The van der Waals surface area contributed by atoms with E-state index in [1.54, 1.807) is 24.3 Å². The number of halogens is 3. The number of nitrogens with one attached hydrogen (secondary N) is 4. The molecule has 1 unspecified atom stereocenters. The Bertz CT molecular complexity index is 1290. The number of rotatable bonds is 10. The van der Waals surface area contributed by atoms with E-state index in [1.165, 1.54) is 37.6 Å². The third-order valence-electron chi connectivity index (χ3n) is 5.12. The molecule has 10 nitrogen and oxygen atoms in total. The van der Waals surface area contributed by atoms with Gasteiger partial charge in [0, 0.05) is 29.1 Å². The second-order valence-corrected chi connectivity index (χ2v) is 7.73. The Balaban J connectivity index is 0.00000507. The molecular weight excluding hydrogens is 522 g/mol. The van der Waals surface area contributed by atoms with Crippen LogP contribution in [0.5, 0.6) is 11.5 Å². The number of carbonyl (C=O) groups is 2. The molecule has 38 heavy (non-hydrogen) atoms. The fraction of sp³-hybridized carbons (Fsp3) is 0.200. The molecule has 0 bridgehead atoms. The van der Waals surface area contributed by atoms with E-state index in [2.05, 4.69) is 21.2 Å². The maximum absolute atomic E-state index is 15.5. The van der Waals surface area contributed by atoms with Gasteiger partial charge in [-0.3, -0.25) is 25.8 Å². The van der Waals surface area contributed by atoms with Crippen LogP contribution in [0.2, 0.25) is 0 Å². The van der Waals surface area contributed by atoms with Crippen molar-refractivity contribution in [1.29, 1.82) is 5.41 Å². The normalized spacial score (nSPS) is 10.9. The highest BCUT2D eigenvalue weighted by atomic mass is 35.5. The maximum atomic E-state index is 15.5. The summed E-state index contributed by atoms with van der Waals surface area (Å²) < 4.78 is 40.1. The van der Waals surface area contributed by atoms with Gasteiger partial charge in [-0.25, -0.2) is 9.37 Å². The standard InChI is InChI=1S/C25H26F2N6O4.ClH/c1-3-11-37-19-13-16(36-2)12-18(20(19)26)21(31-15-8-6-14(7-9-15)23(28)29)25(35)33-32-24(34)17-5-4-10-30-22(17)27;/h4-10,12-13,21,31H,3,11H2,1-2H3,(H3,28,29)(H,32,34)(H,33,35);1H. The molecule has 6 N–H and O–H groups in total. The number of hydrogen-bond donors (Lipinski definition) is 5. The Labute approximate surface area is 223 Å². The number of hydrazine groups is 1. The van der Waals surface area contributed by atoms with Crippen molar-refractivity contribution >= 4 is 35.7 Å². The van der Waals surface area contributed by atoms with Crippen molar-refractivity contribution in [3.63, 3.8) is 0 Å². The third-order valence-corrected chi connectivity index (χ3v) is 5.12. The van der Waals surface area contributed by atoms with Crippen LogP contribution in [-0.2, 0) is 4.79 Å². The molecule has 202 valence electrons. The first-order chi connectivity index (χ1) is 17.7. The predicted molar refractivity (Wildman–Crippen MR) is 140 cm³/mol. The van der Waals surface area contributed by atoms with Gasteiger partial charge in [-0.05, 0) is 48.9 Å². The molecule has 3 aromatic rings. The minimum absolute atomic E-state index is 0. The number of ether oxygens (including phenoxy) is 2. The zero-order valence-electron chi connectivity index (χ0n) is 20.5. The molecule has 0 spiro atoms. The highest BCUT2D eigenvalue weighted by Gasteiger charge is 2.28. The number of hydrogen-bond acceptors (Lipinski definition) is 7. The van der Waals surface area contributed by atoms with Crippen LogP contribution in [0.3, 0.4) is 0 Å². The summed E-state index contributed by atoms with van der Waals surface area (Å²) in [4.78, 5) is 29.0. The number of amides is 2. The Hall–Kier alpha value is -4.45. The van der Waals surface area contributed by atoms with Crippen LogP contribution in [0, 0.1) is 17.2 Å². The summed E-state index contributed by atoms with van der Waals surface area (Å²) in [5.41, 5.74) is 10.1. The largest absolute Gasteiger partial charge is 0.497 e. The fourth-order valence-electron chi connectivity index (χ4n) is 3.25. The smallest absolute Gasteiger partial charge is 0.274 e. The lowest BCUT2D eigenvalue weighted by atomic mass is 10.0. The summed E-state index contributed by atoms with van der Waals surface area (Å²) in [5.74, 6) is -3.70. The fourth-order valence-corrected chi connectivity index (χ4v) is 3.25. The highest BCUT2D eigenvalue weighted by molar-refractivity contribution is 5.97. The predicted octanol–water partition coefficient (Wildman–Crippen LogP) is 3.48. The molecule has 1 atom stereocenters. The SMILES string of the molecule is CCCOc1cc(OC)cc(C(Nc2ccc(C(=N)N)cc2)C(=O)NNC(=O)c2cccnc2F)c1F.Cl. The number of carbonyl (C=O) groups excluding carboxylic acids is 2. The average Bonchev–Trinajstić information content (AvgIpc) is 2.90. The van der Waals surface area contributed by atoms with Crippen molar-refractivity contribution in [3.05, 3.63) is 83.2 Å². The molecule has 13 heteroatoms. The quantitative estimate of drug-likeness (QED) is 0.113. The summed E-state index contributed by atoms with van der Waals surface area (Å²) >= 11 is 0. The Morgan fingerprint density at radius 3 is 2.45 bits per heavy atom. The third kappa shape index (κ3) is 7.29. The molecule has 1 heterocycles. The summed E-state index contributed by atoms with van der Waals surface area (Å²) in [6.45, 7) is 2.09. The number of nitrogens with two attached hydrogens (primary N) is 1. The molecule has 3 rings (SSSR count). The molecule has 2 aromatic carbocycles. The van der Waals surface area contributed by atoms with Crippen molar-refractivity contribution in [3.8, 4) is 11.5 Å². The lowest BCUT2D eigenvalue weighted by molar-refractivity contribution is -0.122. The van der Waals surface area contributed by atoms with Gasteiger partial charge in [0.1, 0.15) is 17.6 Å². The Morgan fingerprint density at radius 1 is 1.13 bits per heavy atom. The first-order valence-electron chi connectivity index (χ1n) is 11.2. The van der Waals surface area contributed by atoms with E-state index in [4.69, 9.17) is 20.6 Å². The second-order valence-electron chi connectivity index (χ2n) is 7.73. The Kier molecular flexibility index (Phi) is 10.8. The molecule has 0 saturated heterocycles. The lowest BCUT2D eigenvalue weighted by Crippen LogP contribution is -2.46. The van der Waals surface area contributed by atoms with Crippen molar-refractivity contribution in [1.82, 2.24) is 15.8 Å². The van der Waals surface area contributed by atoms with Crippen molar-refractivity contribution in [2.75, 3.05) is 19.0 Å². The van der Waals surface area contributed by atoms with E-state index in [9.17, 15) is 14.0 Å². The number of amidine groups is 1. The van der Waals surface area contributed by atoms with Crippen LogP contribution < -0.4 is 31.4 Å². The van der Waals surface area contributed by atoms with Crippen LogP contribution in [0.1, 0.15) is 40.9 Å². The van der Waals surface area contributed by atoms with Gasteiger partial charge in [-0.15, -0.1) is 12.4 Å². The van der Waals surface area contributed by atoms with Crippen LogP contribution in [0.15, 0.2) is 54.7 Å². The van der Waals surface area contributed by atoms with E-state index in [0.717, 1.165) is 0 Å². The lowest BCUT2D eigenvalue weighted by Gasteiger charge is -2.22. The minimum Gasteiger partial charge on any atom is -0.497 e. The number of benzene rings is 2. The molecule has 0 aliphatic heterocycles. The number of nitrogens with zero attached hydrogens (tertiary/aromatic N) is 1. The van der Waals surface area contributed by atoms with Gasteiger partial charge in [0.25, 0.3) is 11.8 Å². The van der Waals surface area contributed by atoms with E-state index in [0.29, 0.717) is 17.7 Å². The molecule has 0 aliphatic carbocycles. The second kappa shape index (κ2) is 13.7. The van der Waals surface area contributed by atoms with Crippen LogP contribution in [-0.4, -0.2) is 36.4 Å². The van der Waals surface area contributed by atoms with Crippen molar-refractivity contribution in [2.24, 2.45) is 5.73 Å². The van der Waals surface area contributed by atoms with Crippen molar-refractivity contribution in [2.45, 2.75) is 19.4 Å². The monoisotopic (exact) mass is 548 g/mol. The van der Waals surface area contributed by atoms with E-state index < -0.39 is 35.2 Å². The molecule has 0 radical (unpaired) electrons. The summed E-state index contributed by atoms with van der Waals surface area (Å²) in [7, 11) is 1.38. The Morgan fingerprint density at radius 2 is 1.84 bits per heavy atom. The van der Waals surface area contributed by atoms with Gasteiger partial charge in [0.2, 0.25) is 5.95 Å².